The van der Waals surface area contributed by atoms with Crippen LogP contribution in [0.25, 0.3) is 11.1 Å². The summed E-state index contributed by atoms with van der Waals surface area (Å²) in [6.07, 6.45) is -0.252. The molecular formula is C21H25NO2. The van der Waals surface area contributed by atoms with Crippen molar-refractivity contribution in [3.63, 3.8) is 0 Å². The SMILES string of the molecule is CC(C)C(C)N(C)C(=O)OCC1c2ccccc2-c2ccccc21. The molecule has 0 N–H and O–H groups in total. The van der Waals surface area contributed by atoms with E-state index in [0.717, 1.165) is 0 Å². The topological polar surface area (TPSA) is 29.5 Å². The molecule has 0 fully saturated rings. The van der Waals surface area contributed by atoms with Gasteiger partial charge in [-0.3, -0.25) is 0 Å². The van der Waals surface area contributed by atoms with Crippen LogP contribution in [0, 0.1) is 5.92 Å². The highest BCUT2D eigenvalue weighted by Crippen LogP contribution is 2.44. The normalized spacial score (nSPS) is 14.2. The molecule has 1 aliphatic carbocycles. The Labute approximate surface area is 144 Å². The Morgan fingerprint density at radius 3 is 2.00 bits per heavy atom. The number of carbonyl (C=O) groups excluding carboxylic acids is 1. The number of hydrogen-bond acceptors (Lipinski definition) is 2. The van der Waals surface area contributed by atoms with Gasteiger partial charge in [-0.05, 0) is 35.1 Å². The van der Waals surface area contributed by atoms with Crippen molar-refractivity contribution in [1.82, 2.24) is 4.90 Å². The third-order valence-electron chi connectivity index (χ3n) is 5.20. The molecule has 24 heavy (non-hydrogen) atoms. The van der Waals surface area contributed by atoms with Crippen LogP contribution in [0.3, 0.4) is 0 Å². The fraction of sp³-hybridized carbons (Fsp3) is 0.381. The predicted molar refractivity (Wildman–Crippen MR) is 97.1 cm³/mol. The number of rotatable bonds is 4. The van der Waals surface area contributed by atoms with Gasteiger partial charge in [0.1, 0.15) is 6.61 Å². The molecular weight excluding hydrogens is 298 g/mol. The van der Waals surface area contributed by atoms with E-state index in [2.05, 4.69) is 50.2 Å². The highest BCUT2D eigenvalue weighted by molar-refractivity contribution is 5.79. The van der Waals surface area contributed by atoms with Gasteiger partial charge >= 0.3 is 6.09 Å². The van der Waals surface area contributed by atoms with Gasteiger partial charge in [0.15, 0.2) is 0 Å². The maximum absolute atomic E-state index is 12.4. The van der Waals surface area contributed by atoms with Gasteiger partial charge in [-0.2, -0.15) is 0 Å². The van der Waals surface area contributed by atoms with Crippen LogP contribution in [-0.2, 0) is 4.74 Å². The zero-order valence-corrected chi connectivity index (χ0v) is 14.8. The fourth-order valence-corrected chi connectivity index (χ4v) is 3.31. The largest absolute Gasteiger partial charge is 0.448 e. The predicted octanol–water partition coefficient (Wildman–Crippen LogP) is 4.91. The maximum Gasteiger partial charge on any atom is 0.409 e. The molecule has 0 aliphatic heterocycles. The van der Waals surface area contributed by atoms with Crippen LogP contribution in [0.4, 0.5) is 4.79 Å². The molecule has 0 saturated carbocycles. The van der Waals surface area contributed by atoms with Crippen molar-refractivity contribution in [1.29, 1.82) is 0 Å². The number of ether oxygens (including phenoxy) is 1. The first-order chi connectivity index (χ1) is 11.5. The summed E-state index contributed by atoms with van der Waals surface area (Å²) in [6, 6.07) is 16.9. The monoisotopic (exact) mass is 323 g/mol. The highest BCUT2D eigenvalue weighted by Gasteiger charge is 2.30. The first kappa shape index (κ1) is 16.6. The van der Waals surface area contributed by atoms with E-state index >= 15 is 0 Å². The van der Waals surface area contributed by atoms with Gasteiger partial charge in [0.25, 0.3) is 0 Å². The zero-order chi connectivity index (χ0) is 17.3. The summed E-state index contributed by atoms with van der Waals surface area (Å²) in [5.41, 5.74) is 4.98. The Balaban J connectivity index is 1.77. The van der Waals surface area contributed by atoms with Crippen LogP contribution in [0.1, 0.15) is 37.8 Å². The van der Waals surface area contributed by atoms with Crippen molar-refractivity contribution in [2.75, 3.05) is 13.7 Å². The highest BCUT2D eigenvalue weighted by atomic mass is 16.6. The van der Waals surface area contributed by atoms with Crippen LogP contribution < -0.4 is 0 Å². The van der Waals surface area contributed by atoms with E-state index in [0.29, 0.717) is 12.5 Å². The standard InChI is InChI=1S/C21H25NO2/c1-14(2)15(3)22(4)21(23)24-13-20-18-11-7-5-9-16(18)17-10-6-8-12-19(17)20/h5-12,14-15,20H,13H2,1-4H3. The van der Waals surface area contributed by atoms with Gasteiger partial charge in [0.2, 0.25) is 0 Å². The van der Waals surface area contributed by atoms with E-state index in [9.17, 15) is 4.79 Å². The molecule has 3 heteroatoms. The number of carbonyl (C=O) groups is 1. The second kappa shape index (κ2) is 6.68. The van der Waals surface area contributed by atoms with Crippen molar-refractivity contribution in [2.45, 2.75) is 32.7 Å². The molecule has 3 rings (SSSR count). The quantitative estimate of drug-likeness (QED) is 0.800. The summed E-state index contributed by atoms with van der Waals surface area (Å²) in [7, 11) is 1.81. The van der Waals surface area contributed by atoms with Crippen LogP contribution in [0.2, 0.25) is 0 Å². The third-order valence-corrected chi connectivity index (χ3v) is 5.20. The second-order valence-electron chi connectivity index (χ2n) is 6.90. The molecule has 0 saturated heterocycles. The molecule has 1 atom stereocenters. The third kappa shape index (κ3) is 2.91. The van der Waals surface area contributed by atoms with Gasteiger partial charge in [0, 0.05) is 19.0 Å². The van der Waals surface area contributed by atoms with Crippen LogP contribution in [-0.4, -0.2) is 30.7 Å². The average molecular weight is 323 g/mol. The Bertz CT molecular complexity index is 693. The number of amides is 1. The minimum atomic E-state index is -0.252. The molecule has 3 nitrogen and oxygen atoms in total. The van der Waals surface area contributed by atoms with Crippen LogP contribution >= 0.6 is 0 Å². The second-order valence-corrected chi connectivity index (χ2v) is 6.90. The molecule has 0 bridgehead atoms. The fourth-order valence-electron chi connectivity index (χ4n) is 3.31. The average Bonchev–Trinajstić information content (AvgIpc) is 2.92. The van der Waals surface area contributed by atoms with Gasteiger partial charge in [0.05, 0.1) is 0 Å². The minimum absolute atomic E-state index is 0.115. The van der Waals surface area contributed by atoms with E-state index in [1.165, 1.54) is 22.3 Å². The van der Waals surface area contributed by atoms with E-state index in [1.807, 2.05) is 26.1 Å². The van der Waals surface area contributed by atoms with Gasteiger partial charge in [-0.1, -0.05) is 62.4 Å². The summed E-state index contributed by atoms with van der Waals surface area (Å²) in [5, 5.41) is 0. The maximum atomic E-state index is 12.4. The number of nitrogens with zero attached hydrogens (tertiary/aromatic N) is 1. The van der Waals surface area contributed by atoms with E-state index in [-0.39, 0.29) is 18.1 Å². The van der Waals surface area contributed by atoms with Gasteiger partial charge < -0.3 is 9.64 Å². The van der Waals surface area contributed by atoms with E-state index in [4.69, 9.17) is 4.74 Å². The number of benzene rings is 2. The molecule has 2 aromatic carbocycles. The van der Waals surface area contributed by atoms with E-state index < -0.39 is 0 Å². The van der Waals surface area contributed by atoms with Gasteiger partial charge in [-0.25, -0.2) is 4.79 Å². The van der Waals surface area contributed by atoms with Gasteiger partial charge in [-0.15, -0.1) is 0 Å². The van der Waals surface area contributed by atoms with Crippen molar-refractivity contribution in [3.8, 4) is 11.1 Å². The summed E-state index contributed by atoms with van der Waals surface area (Å²) < 4.78 is 5.66. The molecule has 0 radical (unpaired) electrons. The summed E-state index contributed by atoms with van der Waals surface area (Å²) in [4.78, 5) is 14.1. The van der Waals surface area contributed by atoms with E-state index in [1.54, 1.807) is 4.90 Å². The smallest absolute Gasteiger partial charge is 0.409 e. The molecule has 0 spiro atoms. The number of hydrogen-bond donors (Lipinski definition) is 0. The Kier molecular flexibility index (Phi) is 4.61. The Morgan fingerprint density at radius 1 is 1.00 bits per heavy atom. The molecule has 0 heterocycles. The molecule has 1 unspecified atom stereocenters. The Morgan fingerprint density at radius 2 is 1.50 bits per heavy atom. The summed E-state index contributed by atoms with van der Waals surface area (Å²) in [6.45, 7) is 6.64. The summed E-state index contributed by atoms with van der Waals surface area (Å²) in [5.74, 6) is 0.514. The lowest BCUT2D eigenvalue weighted by molar-refractivity contribution is 0.0892. The molecule has 1 amide bonds. The molecule has 2 aromatic rings. The van der Waals surface area contributed by atoms with Crippen molar-refractivity contribution < 1.29 is 9.53 Å². The molecule has 126 valence electrons. The van der Waals surface area contributed by atoms with Crippen molar-refractivity contribution >= 4 is 6.09 Å². The van der Waals surface area contributed by atoms with Crippen molar-refractivity contribution in [2.24, 2.45) is 5.92 Å². The first-order valence-electron chi connectivity index (χ1n) is 8.58. The minimum Gasteiger partial charge on any atom is -0.448 e. The lowest BCUT2D eigenvalue weighted by Crippen LogP contribution is -2.39. The van der Waals surface area contributed by atoms with Crippen LogP contribution in [0.5, 0.6) is 0 Å². The lowest BCUT2D eigenvalue weighted by Gasteiger charge is -2.27. The lowest BCUT2D eigenvalue weighted by atomic mass is 9.98. The Hall–Kier alpha value is -2.29. The zero-order valence-electron chi connectivity index (χ0n) is 14.8. The first-order valence-corrected chi connectivity index (χ1v) is 8.58. The number of fused-ring (bicyclic) bond motifs is 3. The van der Waals surface area contributed by atoms with Crippen LogP contribution in [0.15, 0.2) is 48.5 Å². The van der Waals surface area contributed by atoms with Crippen molar-refractivity contribution in [3.05, 3.63) is 59.7 Å². The summed E-state index contributed by atoms with van der Waals surface area (Å²) >= 11 is 0. The molecule has 0 aromatic heterocycles. The molecule has 1 aliphatic rings.